The summed E-state index contributed by atoms with van der Waals surface area (Å²) in [6.07, 6.45) is 6.99. The van der Waals surface area contributed by atoms with Gasteiger partial charge in [0, 0.05) is 42.9 Å². The molecule has 0 aliphatic carbocycles. The van der Waals surface area contributed by atoms with E-state index >= 15 is 0 Å². The SMILES string of the molecule is CC(C)OCCCNCc1cn(-c2ccccc2)nc1-c1ccncc1. The molecule has 0 saturated heterocycles. The molecule has 0 amide bonds. The molecule has 2 aromatic heterocycles. The summed E-state index contributed by atoms with van der Waals surface area (Å²) in [5.41, 5.74) is 4.29. The van der Waals surface area contributed by atoms with Crippen LogP contribution in [-0.4, -0.2) is 34.0 Å². The molecule has 26 heavy (non-hydrogen) atoms. The van der Waals surface area contributed by atoms with Gasteiger partial charge in [-0.05, 0) is 51.1 Å². The summed E-state index contributed by atoms with van der Waals surface area (Å²) in [5, 5.41) is 8.31. The molecule has 0 saturated carbocycles. The molecule has 136 valence electrons. The van der Waals surface area contributed by atoms with E-state index in [2.05, 4.69) is 42.5 Å². The minimum Gasteiger partial charge on any atom is -0.379 e. The van der Waals surface area contributed by atoms with Crippen molar-refractivity contribution in [2.45, 2.75) is 32.9 Å². The molecule has 5 nitrogen and oxygen atoms in total. The molecular formula is C21H26N4O. The summed E-state index contributed by atoms with van der Waals surface area (Å²) >= 11 is 0. The topological polar surface area (TPSA) is 52.0 Å². The number of ether oxygens (including phenoxy) is 1. The first-order valence-electron chi connectivity index (χ1n) is 9.10. The van der Waals surface area contributed by atoms with Crippen LogP contribution < -0.4 is 5.32 Å². The highest BCUT2D eigenvalue weighted by atomic mass is 16.5. The number of nitrogens with one attached hydrogen (secondary N) is 1. The summed E-state index contributed by atoms with van der Waals surface area (Å²) in [7, 11) is 0. The third-order valence-electron chi connectivity index (χ3n) is 4.03. The van der Waals surface area contributed by atoms with Crippen LogP contribution in [0.2, 0.25) is 0 Å². The van der Waals surface area contributed by atoms with Crippen LogP contribution in [0.5, 0.6) is 0 Å². The molecule has 1 aromatic carbocycles. The van der Waals surface area contributed by atoms with Crippen LogP contribution in [0, 0.1) is 0 Å². The average Bonchev–Trinajstić information content (AvgIpc) is 3.10. The lowest BCUT2D eigenvalue weighted by molar-refractivity contribution is 0.0770. The van der Waals surface area contributed by atoms with Crippen LogP contribution in [-0.2, 0) is 11.3 Å². The molecule has 0 spiro atoms. The van der Waals surface area contributed by atoms with E-state index in [1.54, 1.807) is 12.4 Å². The molecule has 0 fully saturated rings. The molecule has 1 N–H and O–H groups in total. The second-order valence-electron chi connectivity index (χ2n) is 6.47. The number of rotatable bonds is 9. The molecule has 5 heteroatoms. The van der Waals surface area contributed by atoms with Gasteiger partial charge in [0.1, 0.15) is 0 Å². The zero-order valence-electron chi connectivity index (χ0n) is 15.4. The quantitative estimate of drug-likeness (QED) is 0.596. The van der Waals surface area contributed by atoms with Crippen molar-refractivity contribution in [2.24, 2.45) is 0 Å². The number of nitrogens with zero attached hydrogens (tertiary/aromatic N) is 3. The van der Waals surface area contributed by atoms with Crippen LogP contribution in [0.3, 0.4) is 0 Å². The van der Waals surface area contributed by atoms with Gasteiger partial charge in [0.05, 0.1) is 17.5 Å². The predicted molar refractivity (Wildman–Crippen MR) is 104 cm³/mol. The zero-order valence-corrected chi connectivity index (χ0v) is 15.4. The summed E-state index contributed by atoms with van der Waals surface area (Å²) in [4.78, 5) is 4.11. The Morgan fingerprint density at radius 3 is 2.58 bits per heavy atom. The fraction of sp³-hybridized carbons (Fsp3) is 0.333. The van der Waals surface area contributed by atoms with Crippen LogP contribution in [0.1, 0.15) is 25.8 Å². The molecule has 3 rings (SSSR count). The van der Waals surface area contributed by atoms with E-state index in [1.807, 2.05) is 35.0 Å². The van der Waals surface area contributed by atoms with Crippen LogP contribution in [0.15, 0.2) is 61.1 Å². The van der Waals surface area contributed by atoms with E-state index < -0.39 is 0 Å². The minimum absolute atomic E-state index is 0.289. The Labute approximate surface area is 155 Å². The Morgan fingerprint density at radius 1 is 1.08 bits per heavy atom. The third-order valence-corrected chi connectivity index (χ3v) is 4.03. The lowest BCUT2D eigenvalue weighted by Crippen LogP contribution is -2.17. The van der Waals surface area contributed by atoms with Crippen molar-refractivity contribution >= 4 is 0 Å². The van der Waals surface area contributed by atoms with Crippen molar-refractivity contribution in [2.75, 3.05) is 13.2 Å². The zero-order chi connectivity index (χ0) is 18.2. The third kappa shape index (κ3) is 5.00. The highest BCUT2D eigenvalue weighted by Crippen LogP contribution is 2.23. The Bertz CT molecular complexity index is 784. The van der Waals surface area contributed by atoms with Crippen LogP contribution in [0.4, 0.5) is 0 Å². The molecule has 0 radical (unpaired) electrons. The number of aromatic nitrogens is 3. The largest absolute Gasteiger partial charge is 0.379 e. The van der Waals surface area contributed by atoms with Gasteiger partial charge in [-0.2, -0.15) is 5.10 Å². The van der Waals surface area contributed by atoms with E-state index in [0.29, 0.717) is 0 Å². The van der Waals surface area contributed by atoms with E-state index in [4.69, 9.17) is 9.84 Å². The Hall–Kier alpha value is -2.50. The Morgan fingerprint density at radius 2 is 1.85 bits per heavy atom. The fourth-order valence-electron chi connectivity index (χ4n) is 2.74. The van der Waals surface area contributed by atoms with E-state index in [1.165, 1.54) is 5.56 Å². The number of hydrogen-bond acceptors (Lipinski definition) is 4. The lowest BCUT2D eigenvalue weighted by Gasteiger charge is -2.08. The first-order valence-corrected chi connectivity index (χ1v) is 9.10. The van der Waals surface area contributed by atoms with Gasteiger partial charge in [-0.1, -0.05) is 18.2 Å². The monoisotopic (exact) mass is 350 g/mol. The van der Waals surface area contributed by atoms with Gasteiger partial charge >= 0.3 is 0 Å². The maximum absolute atomic E-state index is 5.59. The van der Waals surface area contributed by atoms with E-state index in [9.17, 15) is 0 Å². The molecule has 0 aliphatic heterocycles. The van der Waals surface area contributed by atoms with Gasteiger partial charge in [0.25, 0.3) is 0 Å². The predicted octanol–water partition coefficient (Wildman–Crippen LogP) is 3.84. The standard InChI is InChI=1S/C21H26N4O/c1-17(2)26-14-6-11-23-15-19-16-25(20-7-4-3-5-8-20)24-21(19)18-9-12-22-13-10-18/h3-5,7-10,12-13,16-17,23H,6,11,14-15H2,1-2H3. The van der Waals surface area contributed by atoms with Crippen molar-refractivity contribution in [3.8, 4) is 16.9 Å². The number of pyridine rings is 1. The highest BCUT2D eigenvalue weighted by molar-refractivity contribution is 5.62. The highest BCUT2D eigenvalue weighted by Gasteiger charge is 2.12. The van der Waals surface area contributed by atoms with Gasteiger partial charge in [-0.3, -0.25) is 4.98 Å². The second-order valence-corrected chi connectivity index (χ2v) is 6.47. The number of hydrogen-bond donors (Lipinski definition) is 1. The Kier molecular flexibility index (Phi) is 6.52. The van der Waals surface area contributed by atoms with E-state index in [0.717, 1.165) is 43.1 Å². The Balaban J connectivity index is 1.72. The van der Waals surface area contributed by atoms with Crippen molar-refractivity contribution in [1.82, 2.24) is 20.1 Å². The van der Waals surface area contributed by atoms with Gasteiger partial charge in [-0.15, -0.1) is 0 Å². The van der Waals surface area contributed by atoms with Gasteiger partial charge in [0.15, 0.2) is 0 Å². The fourth-order valence-corrected chi connectivity index (χ4v) is 2.74. The molecule has 2 heterocycles. The van der Waals surface area contributed by atoms with Gasteiger partial charge in [-0.25, -0.2) is 4.68 Å². The molecule has 0 atom stereocenters. The van der Waals surface area contributed by atoms with Gasteiger partial charge < -0.3 is 10.1 Å². The summed E-state index contributed by atoms with van der Waals surface area (Å²) in [6, 6.07) is 14.2. The maximum Gasteiger partial charge on any atom is 0.0973 e. The molecule has 0 bridgehead atoms. The van der Waals surface area contributed by atoms with Crippen molar-refractivity contribution in [3.63, 3.8) is 0 Å². The molecular weight excluding hydrogens is 324 g/mol. The summed E-state index contributed by atoms with van der Waals surface area (Å²) in [6.45, 7) is 6.59. The summed E-state index contributed by atoms with van der Waals surface area (Å²) < 4.78 is 7.52. The molecule has 3 aromatic rings. The second kappa shape index (κ2) is 9.27. The first-order chi connectivity index (χ1) is 12.7. The summed E-state index contributed by atoms with van der Waals surface area (Å²) in [5.74, 6) is 0. The van der Waals surface area contributed by atoms with Crippen LogP contribution >= 0.6 is 0 Å². The van der Waals surface area contributed by atoms with Crippen LogP contribution in [0.25, 0.3) is 16.9 Å². The average molecular weight is 350 g/mol. The number of para-hydroxylation sites is 1. The van der Waals surface area contributed by atoms with Gasteiger partial charge in [0.2, 0.25) is 0 Å². The number of benzene rings is 1. The normalized spacial score (nSPS) is 11.2. The first kappa shape index (κ1) is 18.3. The minimum atomic E-state index is 0.289. The van der Waals surface area contributed by atoms with Crippen molar-refractivity contribution in [1.29, 1.82) is 0 Å². The van der Waals surface area contributed by atoms with Crippen molar-refractivity contribution < 1.29 is 4.74 Å². The van der Waals surface area contributed by atoms with E-state index in [-0.39, 0.29) is 6.10 Å². The smallest absolute Gasteiger partial charge is 0.0973 e. The molecule has 0 aliphatic rings. The maximum atomic E-state index is 5.59. The lowest BCUT2D eigenvalue weighted by atomic mass is 10.1. The van der Waals surface area contributed by atoms with Crippen molar-refractivity contribution in [3.05, 3.63) is 66.6 Å². The molecule has 0 unspecified atom stereocenters.